The molecule has 2 bridgehead atoms. The van der Waals surface area contributed by atoms with E-state index in [1.165, 1.54) is 23.1 Å². The predicted molar refractivity (Wildman–Crippen MR) is 148 cm³/mol. The zero-order valence-corrected chi connectivity index (χ0v) is 22.7. The van der Waals surface area contributed by atoms with Crippen molar-refractivity contribution in [1.82, 2.24) is 9.88 Å². The van der Waals surface area contributed by atoms with Crippen molar-refractivity contribution in [2.45, 2.75) is 64.9 Å². The number of rotatable bonds is 10. The average Bonchev–Trinajstić information content (AvgIpc) is 3.27. The van der Waals surface area contributed by atoms with Gasteiger partial charge in [-0.2, -0.15) is 0 Å². The van der Waals surface area contributed by atoms with Crippen molar-refractivity contribution in [1.29, 1.82) is 0 Å². The Morgan fingerprint density at radius 1 is 1.19 bits per heavy atom. The number of fused-ring (bicyclic) bond motifs is 3. The highest BCUT2D eigenvalue weighted by molar-refractivity contribution is 5.75. The van der Waals surface area contributed by atoms with Gasteiger partial charge in [0.25, 0.3) is 0 Å². The topological polar surface area (TPSA) is 55.6 Å². The van der Waals surface area contributed by atoms with Crippen molar-refractivity contribution in [3.05, 3.63) is 71.6 Å². The van der Waals surface area contributed by atoms with Crippen molar-refractivity contribution in [3.8, 4) is 0 Å². The number of aryl methyl sites for hydroxylation is 2. The van der Waals surface area contributed by atoms with Crippen LogP contribution >= 0.6 is 0 Å². The Morgan fingerprint density at radius 2 is 2.00 bits per heavy atom. The summed E-state index contributed by atoms with van der Waals surface area (Å²) < 4.78 is 12.0. The molecule has 5 nitrogen and oxygen atoms in total. The summed E-state index contributed by atoms with van der Waals surface area (Å²) in [4.78, 5) is 19.7. The molecule has 2 aromatic heterocycles. The van der Waals surface area contributed by atoms with Gasteiger partial charge in [0.1, 0.15) is 11.4 Å². The fraction of sp³-hybridized carbons (Fsp3) is 0.500. The molecule has 2 heterocycles. The second-order valence-corrected chi connectivity index (χ2v) is 11.5. The van der Waals surface area contributed by atoms with Crippen LogP contribution in [0, 0.1) is 24.7 Å². The van der Waals surface area contributed by atoms with E-state index in [0.717, 1.165) is 56.3 Å². The molecule has 0 aliphatic heterocycles. The highest BCUT2D eigenvalue weighted by Gasteiger charge is 2.50. The number of hydrogen-bond acceptors (Lipinski definition) is 5. The van der Waals surface area contributed by atoms with Crippen LogP contribution in [0.15, 0.2) is 59.2 Å². The monoisotopic (exact) mass is 500 g/mol. The van der Waals surface area contributed by atoms with Crippen LogP contribution in [0.2, 0.25) is 0 Å². The zero-order chi connectivity index (χ0) is 26.0. The molecule has 196 valence electrons. The molecule has 0 radical (unpaired) electrons. The van der Waals surface area contributed by atoms with Gasteiger partial charge in [-0.25, -0.2) is 4.98 Å². The number of carbonyl (C=O) groups is 1. The summed E-state index contributed by atoms with van der Waals surface area (Å²) in [6.07, 6.45) is 10.5. The van der Waals surface area contributed by atoms with E-state index in [4.69, 9.17) is 9.15 Å². The number of furan rings is 1. The van der Waals surface area contributed by atoms with E-state index in [2.05, 4.69) is 59.4 Å². The van der Waals surface area contributed by atoms with Gasteiger partial charge in [0.15, 0.2) is 0 Å². The first kappa shape index (κ1) is 25.7. The molecule has 3 aliphatic rings. The van der Waals surface area contributed by atoms with Crippen LogP contribution < -0.4 is 0 Å². The van der Waals surface area contributed by atoms with E-state index < -0.39 is 5.60 Å². The Balaban J connectivity index is 1.23. The minimum atomic E-state index is -0.398. The fourth-order valence-electron chi connectivity index (χ4n) is 6.19. The Hall–Kier alpha value is -2.92. The van der Waals surface area contributed by atoms with Gasteiger partial charge in [-0.05, 0) is 87.4 Å². The van der Waals surface area contributed by atoms with Gasteiger partial charge >= 0.3 is 5.97 Å². The molecule has 3 atom stereocenters. The number of nitrogens with zero attached hydrogens (tertiary/aromatic N) is 2. The van der Waals surface area contributed by atoms with Crippen LogP contribution in [0.4, 0.5) is 0 Å². The van der Waals surface area contributed by atoms with Gasteiger partial charge in [0.05, 0.1) is 5.92 Å². The third-order valence-electron chi connectivity index (χ3n) is 8.27. The largest absolute Gasteiger partial charge is 0.458 e. The number of pyridine rings is 1. The van der Waals surface area contributed by atoms with Gasteiger partial charge in [-0.3, -0.25) is 4.79 Å². The number of esters is 1. The fourth-order valence-corrected chi connectivity index (χ4v) is 6.19. The number of ether oxygens (including phenoxy) is 1. The van der Waals surface area contributed by atoms with Gasteiger partial charge in [0, 0.05) is 30.5 Å². The second kappa shape index (κ2) is 10.8. The van der Waals surface area contributed by atoms with Crippen LogP contribution in [-0.4, -0.2) is 41.6 Å². The highest BCUT2D eigenvalue weighted by Crippen LogP contribution is 2.53. The van der Waals surface area contributed by atoms with Gasteiger partial charge in [0.2, 0.25) is 5.71 Å². The molecular formula is C32H40N2O3. The molecule has 5 heteroatoms. The molecule has 1 saturated carbocycles. The van der Waals surface area contributed by atoms with Crippen molar-refractivity contribution < 1.29 is 13.9 Å². The van der Waals surface area contributed by atoms with E-state index in [1.54, 1.807) is 0 Å². The van der Waals surface area contributed by atoms with E-state index in [-0.39, 0.29) is 17.8 Å². The Kier molecular flexibility index (Phi) is 7.52. The molecule has 0 N–H and O–H groups in total. The van der Waals surface area contributed by atoms with Crippen LogP contribution in [0.1, 0.15) is 62.8 Å². The SMILES string of the molecule is Cc1cc2cc(CCCN(C)CC[C@]3(OC(=O)C(C)C)C[C@H]4CC[C@@H]3C=C4c3ccccc3)cnc2o1. The van der Waals surface area contributed by atoms with E-state index in [1.807, 2.05) is 33.0 Å². The number of hydrogen-bond donors (Lipinski definition) is 0. The molecule has 3 aromatic rings. The molecule has 0 unspecified atom stereocenters. The summed E-state index contributed by atoms with van der Waals surface area (Å²) in [5, 5.41) is 1.08. The lowest BCUT2D eigenvalue weighted by atomic mass is 9.60. The zero-order valence-electron chi connectivity index (χ0n) is 22.7. The summed E-state index contributed by atoms with van der Waals surface area (Å²) in [6, 6.07) is 15.0. The molecule has 0 amide bonds. The van der Waals surface area contributed by atoms with Gasteiger partial charge < -0.3 is 14.1 Å². The summed E-state index contributed by atoms with van der Waals surface area (Å²) >= 11 is 0. The summed E-state index contributed by atoms with van der Waals surface area (Å²) in [7, 11) is 2.19. The maximum Gasteiger partial charge on any atom is 0.308 e. The van der Waals surface area contributed by atoms with Gasteiger partial charge in [-0.1, -0.05) is 50.3 Å². The minimum Gasteiger partial charge on any atom is -0.458 e. The normalized spacial score (nSPS) is 23.1. The smallest absolute Gasteiger partial charge is 0.308 e. The predicted octanol–water partition coefficient (Wildman–Crippen LogP) is 6.84. The molecule has 6 rings (SSSR count). The Labute approximate surface area is 220 Å². The van der Waals surface area contributed by atoms with Crippen molar-refractivity contribution in [3.63, 3.8) is 0 Å². The van der Waals surface area contributed by atoms with E-state index >= 15 is 0 Å². The van der Waals surface area contributed by atoms with Crippen molar-refractivity contribution in [2.24, 2.45) is 17.8 Å². The summed E-state index contributed by atoms with van der Waals surface area (Å²) in [5.74, 6) is 1.44. The number of carbonyl (C=O) groups excluding carboxylic acids is 1. The number of allylic oxidation sites excluding steroid dienone is 1. The lowest BCUT2D eigenvalue weighted by Crippen LogP contribution is -2.51. The molecule has 0 spiro atoms. The average molecular weight is 501 g/mol. The summed E-state index contributed by atoms with van der Waals surface area (Å²) in [6.45, 7) is 7.74. The third kappa shape index (κ3) is 5.67. The highest BCUT2D eigenvalue weighted by atomic mass is 16.6. The second-order valence-electron chi connectivity index (χ2n) is 11.5. The lowest BCUT2D eigenvalue weighted by molar-refractivity contribution is -0.176. The maximum atomic E-state index is 12.8. The van der Waals surface area contributed by atoms with Crippen LogP contribution in [-0.2, 0) is 16.0 Å². The minimum absolute atomic E-state index is 0.0674. The van der Waals surface area contributed by atoms with Crippen LogP contribution in [0.3, 0.4) is 0 Å². The van der Waals surface area contributed by atoms with Crippen molar-refractivity contribution >= 4 is 22.6 Å². The maximum absolute atomic E-state index is 12.8. The molecule has 1 fully saturated rings. The molecule has 37 heavy (non-hydrogen) atoms. The van der Waals surface area contributed by atoms with Crippen LogP contribution in [0.25, 0.3) is 16.7 Å². The number of aromatic nitrogens is 1. The number of benzene rings is 1. The van der Waals surface area contributed by atoms with E-state index in [9.17, 15) is 4.79 Å². The first-order valence-corrected chi connectivity index (χ1v) is 13.9. The standard InChI is InChI=1S/C32H40N2O3/c1-22(2)31(35)37-32(20-26-12-13-28(32)19-29(26)25-10-6-5-7-11-25)14-16-34(4)15-8-9-24-18-27-17-23(3)36-30(27)33-21-24/h5-7,10-11,17-19,21-22,26,28H,8-9,12-16,20H2,1-4H3/t26-,28-,32+/m1/s1. The summed E-state index contributed by atoms with van der Waals surface area (Å²) in [5.41, 5.74) is 4.32. The quantitative estimate of drug-likeness (QED) is 0.285. The molecule has 0 saturated heterocycles. The molecular weight excluding hydrogens is 460 g/mol. The third-order valence-corrected chi connectivity index (χ3v) is 8.27. The molecule has 1 aromatic carbocycles. The first-order valence-electron chi connectivity index (χ1n) is 13.9. The Bertz CT molecular complexity index is 1260. The van der Waals surface area contributed by atoms with E-state index in [0.29, 0.717) is 11.6 Å². The van der Waals surface area contributed by atoms with Gasteiger partial charge in [-0.15, -0.1) is 0 Å². The Morgan fingerprint density at radius 3 is 2.73 bits per heavy atom. The first-order chi connectivity index (χ1) is 17.8. The van der Waals surface area contributed by atoms with Crippen molar-refractivity contribution in [2.75, 3.05) is 20.1 Å². The molecule has 3 aliphatic carbocycles. The van der Waals surface area contributed by atoms with Crippen LogP contribution in [0.5, 0.6) is 0 Å². The lowest BCUT2D eigenvalue weighted by Gasteiger charge is -2.50.